The zero-order valence-corrected chi connectivity index (χ0v) is 11.8. The van der Waals surface area contributed by atoms with Crippen molar-refractivity contribution in [1.29, 1.82) is 0 Å². The Balaban J connectivity index is 1.78. The summed E-state index contributed by atoms with van der Waals surface area (Å²) in [5.74, 6) is 1.59. The number of thiophene rings is 1. The lowest BCUT2D eigenvalue weighted by atomic mass is 10.2. The van der Waals surface area contributed by atoms with E-state index in [0.717, 1.165) is 42.3 Å². The van der Waals surface area contributed by atoms with Crippen molar-refractivity contribution < 1.29 is 9.52 Å². The third-order valence-electron chi connectivity index (χ3n) is 3.69. The number of aliphatic hydroxyl groups excluding tert-OH is 1. The van der Waals surface area contributed by atoms with Gasteiger partial charge in [-0.3, -0.25) is 4.90 Å². The maximum Gasteiger partial charge on any atom is 0.236 e. The summed E-state index contributed by atoms with van der Waals surface area (Å²) < 4.78 is 5.75. The van der Waals surface area contributed by atoms with Crippen LogP contribution in [-0.4, -0.2) is 34.2 Å². The van der Waals surface area contributed by atoms with Gasteiger partial charge in [-0.1, -0.05) is 6.07 Å². The molecule has 4 nitrogen and oxygen atoms in total. The van der Waals surface area contributed by atoms with Crippen LogP contribution in [0.3, 0.4) is 0 Å². The van der Waals surface area contributed by atoms with Gasteiger partial charge in [0.25, 0.3) is 0 Å². The number of hydrogen-bond acceptors (Lipinski definition) is 5. The van der Waals surface area contributed by atoms with Crippen LogP contribution < -0.4 is 0 Å². The second-order valence-electron chi connectivity index (χ2n) is 4.95. The first-order valence-corrected chi connectivity index (χ1v) is 7.51. The summed E-state index contributed by atoms with van der Waals surface area (Å²) in [6.45, 7) is 4.00. The van der Waals surface area contributed by atoms with E-state index in [0.29, 0.717) is 5.89 Å². The monoisotopic (exact) mass is 278 g/mol. The Morgan fingerprint density at radius 2 is 2.47 bits per heavy atom. The van der Waals surface area contributed by atoms with Crippen LogP contribution >= 0.6 is 11.3 Å². The Kier molecular flexibility index (Phi) is 3.68. The van der Waals surface area contributed by atoms with Crippen molar-refractivity contribution in [2.45, 2.75) is 32.4 Å². The fourth-order valence-corrected chi connectivity index (χ4v) is 3.23. The zero-order chi connectivity index (χ0) is 13.2. The second-order valence-corrected chi connectivity index (χ2v) is 5.90. The topological polar surface area (TPSA) is 49.5 Å². The van der Waals surface area contributed by atoms with Crippen molar-refractivity contribution in [2.75, 3.05) is 13.2 Å². The van der Waals surface area contributed by atoms with Crippen LogP contribution in [0, 0.1) is 6.92 Å². The van der Waals surface area contributed by atoms with Crippen LogP contribution in [-0.2, 0) is 6.54 Å². The van der Waals surface area contributed by atoms with E-state index in [2.05, 4.69) is 9.88 Å². The highest BCUT2D eigenvalue weighted by Crippen LogP contribution is 2.27. The van der Waals surface area contributed by atoms with Crippen LogP contribution in [0.25, 0.3) is 10.8 Å². The highest BCUT2D eigenvalue weighted by Gasteiger charge is 2.25. The van der Waals surface area contributed by atoms with Gasteiger partial charge in [0.05, 0.1) is 17.2 Å². The minimum atomic E-state index is 0.231. The molecule has 102 valence electrons. The molecule has 0 radical (unpaired) electrons. The van der Waals surface area contributed by atoms with Crippen LogP contribution in [0.5, 0.6) is 0 Å². The Bertz CT molecular complexity index is 536. The van der Waals surface area contributed by atoms with Gasteiger partial charge in [0.2, 0.25) is 5.89 Å². The van der Waals surface area contributed by atoms with Crippen molar-refractivity contribution in [3.05, 3.63) is 29.0 Å². The van der Waals surface area contributed by atoms with Crippen molar-refractivity contribution in [3.63, 3.8) is 0 Å². The van der Waals surface area contributed by atoms with Crippen molar-refractivity contribution in [3.8, 4) is 10.8 Å². The summed E-state index contributed by atoms with van der Waals surface area (Å²) in [6.07, 6.45) is 2.23. The Hall–Kier alpha value is -1.17. The lowest BCUT2D eigenvalue weighted by Crippen LogP contribution is -2.31. The third kappa shape index (κ3) is 2.59. The van der Waals surface area contributed by atoms with Crippen LogP contribution in [0.4, 0.5) is 0 Å². The van der Waals surface area contributed by atoms with E-state index in [1.54, 1.807) is 11.3 Å². The number of rotatable bonds is 4. The molecule has 2 aromatic rings. The number of nitrogens with zero attached hydrogens (tertiary/aromatic N) is 2. The molecule has 0 amide bonds. The zero-order valence-electron chi connectivity index (χ0n) is 11.0. The molecule has 19 heavy (non-hydrogen) atoms. The van der Waals surface area contributed by atoms with Gasteiger partial charge in [-0.25, -0.2) is 4.98 Å². The number of aliphatic hydroxyl groups is 1. The van der Waals surface area contributed by atoms with Crippen molar-refractivity contribution >= 4 is 11.3 Å². The molecule has 1 atom stereocenters. The normalized spacial score (nSPS) is 20.2. The average Bonchev–Trinajstić information content (AvgIpc) is 3.11. The smallest absolute Gasteiger partial charge is 0.236 e. The quantitative estimate of drug-likeness (QED) is 0.934. The highest BCUT2D eigenvalue weighted by atomic mass is 32.1. The molecular formula is C14H18N2O2S. The summed E-state index contributed by atoms with van der Waals surface area (Å²) in [5, 5.41) is 11.4. The van der Waals surface area contributed by atoms with Gasteiger partial charge in [-0.05, 0) is 37.8 Å². The molecular weight excluding hydrogens is 260 g/mol. The van der Waals surface area contributed by atoms with Crippen LogP contribution in [0.15, 0.2) is 21.9 Å². The van der Waals surface area contributed by atoms with Gasteiger partial charge in [0.1, 0.15) is 5.76 Å². The Morgan fingerprint density at radius 3 is 3.21 bits per heavy atom. The Morgan fingerprint density at radius 1 is 1.58 bits per heavy atom. The second kappa shape index (κ2) is 5.45. The Labute approximate surface area is 116 Å². The summed E-state index contributed by atoms with van der Waals surface area (Å²) >= 11 is 1.64. The molecule has 5 heteroatoms. The largest absolute Gasteiger partial charge is 0.440 e. The summed E-state index contributed by atoms with van der Waals surface area (Å²) in [5.41, 5.74) is 0.990. The first-order chi connectivity index (χ1) is 9.28. The predicted molar refractivity (Wildman–Crippen MR) is 75.1 cm³/mol. The first-order valence-electron chi connectivity index (χ1n) is 6.63. The molecule has 1 aliphatic rings. The number of oxazole rings is 1. The lowest BCUT2D eigenvalue weighted by molar-refractivity contribution is 0.152. The van der Waals surface area contributed by atoms with Gasteiger partial charge < -0.3 is 9.52 Å². The molecule has 0 aromatic carbocycles. The molecule has 1 N–H and O–H groups in total. The lowest BCUT2D eigenvalue weighted by Gasteiger charge is -2.21. The first kappa shape index (κ1) is 12.8. The SMILES string of the molecule is Cc1oc(-c2cccs2)nc1CN1CCC[C@@H]1CO. The molecule has 1 aliphatic heterocycles. The molecule has 0 bridgehead atoms. The van der Waals surface area contributed by atoms with E-state index >= 15 is 0 Å². The summed E-state index contributed by atoms with van der Waals surface area (Å²) in [4.78, 5) is 7.96. The minimum Gasteiger partial charge on any atom is -0.440 e. The molecule has 1 fully saturated rings. The number of hydrogen-bond donors (Lipinski definition) is 1. The molecule has 0 unspecified atom stereocenters. The fourth-order valence-electron chi connectivity index (χ4n) is 2.58. The van der Waals surface area contributed by atoms with Crippen LogP contribution in [0.1, 0.15) is 24.3 Å². The molecule has 1 saturated heterocycles. The minimum absolute atomic E-state index is 0.231. The van der Waals surface area contributed by atoms with Gasteiger partial charge >= 0.3 is 0 Å². The molecule has 3 heterocycles. The number of likely N-dealkylation sites (tertiary alicyclic amines) is 1. The molecule has 3 rings (SSSR count). The summed E-state index contributed by atoms with van der Waals surface area (Å²) in [7, 11) is 0. The maximum atomic E-state index is 9.36. The third-order valence-corrected chi connectivity index (χ3v) is 4.55. The van der Waals surface area contributed by atoms with Gasteiger partial charge in [-0.15, -0.1) is 11.3 Å². The van der Waals surface area contributed by atoms with E-state index < -0.39 is 0 Å². The molecule has 0 aliphatic carbocycles. The van der Waals surface area contributed by atoms with E-state index in [1.807, 2.05) is 24.4 Å². The average molecular weight is 278 g/mol. The standard InChI is InChI=1S/C14H18N2O2S/c1-10-12(8-16-6-2-4-11(16)9-17)15-14(18-10)13-5-3-7-19-13/h3,5,7,11,17H,2,4,6,8-9H2,1H3/t11-/m1/s1. The highest BCUT2D eigenvalue weighted by molar-refractivity contribution is 7.13. The van der Waals surface area contributed by atoms with Gasteiger partial charge in [-0.2, -0.15) is 0 Å². The summed E-state index contributed by atoms with van der Waals surface area (Å²) in [6, 6.07) is 4.30. The van der Waals surface area contributed by atoms with E-state index in [4.69, 9.17) is 4.42 Å². The molecule has 0 saturated carbocycles. The van der Waals surface area contributed by atoms with Crippen molar-refractivity contribution in [1.82, 2.24) is 9.88 Å². The predicted octanol–water partition coefficient (Wildman–Crippen LogP) is 2.67. The van der Waals surface area contributed by atoms with Gasteiger partial charge in [0.15, 0.2) is 0 Å². The molecule has 0 spiro atoms. The van der Waals surface area contributed by atoms with Gasteiger partial charge in [0, 0.05) is 12.6 Å². The van der Waals surface area contributed by atoms with E-state index in [-0.39, 0.29) is 12.6 Å². The van der Waals surface area contributed by atoms with E-state index in [1.165, 1.54) is 0 Å². The molecule has 2 aromatic heterocycles. The number of aromatic nitrogens is 1. The van der Waals surface area contributed by atoms with E-state index in [9.17, 15) is 5.11 Å². The van der Waals surface area contributed by atoms with Crippen LogP contribution in [0.2, 0.25) is 0 Å². The fraction of sp³-hybridized carbons (Fsp3) is 0.500. The number of aryl methyl sites for hydroxylation is 1. The van der Waals surface area contributed by atoms with Crippen molar-refractivity contribution in [2.24, 2.45) is 0 Å². The maximum absolute atomic E-state index is 9.36.